The number of carbonyl (C=O) groups excluding carboxylic acids is 1. The van der Waals surface area contributed by atoms with Crippen molar-refractivity contribution in [3.8, 4) is 5.69 Å². The fourth-order valence-corrected chi connectivity index (χ4v) is 2.90. The number of ether oxygens (including phenoxy) is 1. The van der Waals surface area contributed by atoms with E-state index in [2.05, 4.69) is 10.4 Å². The highest BCUT2D eigenvalue weighted by Crippen LogP contribution is 2.18. The largest absolute Gasteiger partial charge is 0.378 e. The van der Waals surface area contributed by atoms with E-state index in [9.17, 15) is 4.79 Å². The van der Waals surface area contributed by atoms with E-state index in [0.717, 1.165) is 37.1 Å². The first-order valence-electron chi connectivity index (χ1n) is 8.23. The van der Waals surface area contributed by atoms with E-state index in [4.69, 9.17) is 4.74 Å². The molecule has 2 heterocycles. The van der Waals surface area contributed by atoms with E-state index in [1.54, 1.807) is 6.20 Å². The number of carbonyl (C=O) groups is 1. The van der Waals surface area contributed by atoms with Crippen LogP contribution in [0.4, 0.5) is 0 Å². The molecule has 1 aliphatic heterocycles. The number of hydrogen-bond donors (Lipinski definition) is 1. The van der Waals surface area contributed by atoms with Crippen LogP contribution in [-0.2, 0) is 9.53 Å². The van der Waals surface area contributed by atoms with Gasteiger partial charge in [-0.1, -0.05) is 12.1 Å². The second-order valence-corrected chi connectivity index (χ2v) is 6.01. The van der Waals surface area contributed by atoms with Crippen LogP contribution in [0.2, 0.25) is 0 Å². The van der Waals surface area contributed by atoms with Crippen LogP contribution in [0.15, 0.2) is 42.7 Å². The summed E-state index contributed by atoms with van der Waals surface area (Å²) in [6.45, 7) is 2.85. The van der Waals surface area contributed by atoms with Gasteiger partial charge in [-0.15, -0.1) is 0 Å². The second kappa shape index (κ2) is 7.42. The van der Waals surface area contributed by atoms with Gasteiger partial charge in [-0.3, -0.25) is 4.79 Å². The van der Waals surface area contributed by atoms with Crippen molar-refractivity contribution in [1.29, 1.82) is 0 Å². The molecule has 1 fully saturated rings. The van der Waals surface area contributed by atoms with Gasteiger partial charge in [-0.2, -0.15) is 5.10 Å². The molecule has 3 rings (SSSR count). The number of hydrogen-bond acceptors (Lipinski definition) is 3. The smallest absolute Gasteiger partial charge is 0.220 e. The van der Waals surface area contributed by atoms with Crippen molar-refractivity contribution in [2.24, 2.45) is 0 Å². The zero-order chi connectivity index (χ0) is 16.1. The summed E-state index contributed by atoms with van der Waals surface area (Å²) in [5.41, 5.74) is 2.10. The highest BCUT2D eigenvalue weighted by Gasteiger charge is 2.17. The van der Waals surface area contributed by atoms with Gasteiger partial charge in [-0.25, -0.2) is 4.68 Å². The lowest BCUT2D eigenvalue weighted by Crippen LogP contribution is -2.27. The number of nitrogens with zero attached hydrogens (tertiary/aromatic N) is 2. The van der Waals surface area contributed by atoms with Crippen LogP contribution in [0.1, 0.15) is 44.2 Å². The Balaban J connectivity index is 1.51. The maximum Gasteiger partial charge on any atom is 0.220 e. The Hall–Kier alpha value is -2.14. The van der Waals surface area contributed by atoms with Crippen molar-refractivity contribution in [2.75, 3.05) is 6.61 Å². The summed E-state index contributed by atoms with van der Waals surface area (Å²) in [5, 5.41) is 7.26. The van der Waals surface area contributed by atoms with Gasteiger partial charge in [0.05, 0.1) is 17.8 Å². The fourth-order valence-electron chi connectivity index (χ4n) is 2.90. The molecule has 1 N–H and O–H groups in total. The van der Waals surface area contributed by atoms with Crippen LogP contribution in [0.25, 0.3) is 5.69 Å². The third-order valence-corrected chi connectivity index (χ3v) is 4.26. The summed E-state index contributed by atoms with van der Waals surface area (Å²) in [7, 11) is 0. The number of aromatic nitrogens is 2. The van der Waals surface area contributed by atoms with Gasteiger partial charge in [0, 0.05) is 25.4 Å². The molecule has 2 aromatic rings. The topological polar surface area (TPSA) is 56.1 Å². The highest BCUT2D eigenvalue weighted by atomic mass is 16.5. The molecule has 5 heteroatoms. The van der Waals surface area contributed by atoms with Crippen molar-refractivity contribution in [2.45, 2.75) is 44.8 Å². The van der Waals surface area contributed by atoms with Crippen LogP contribution in [-0.4, -0.2) is 28.4 Å². The average Bonchev–Trinajstić information content (AvgIpc) is 3.26. The number of nitrogens with one attached hydrogen (secondary N) is 1. The summed E-state index contributed by atoms with van der Waals surface area (Å²) < 4.78 is 7.37. The minimum Gasteiger partial charge on any atom is -0.378 e. The number of amides is 1. The van der Waals surface area contributed by atoms with Crippen molar-refractivity contribution in [1.82, 2.24) is 15.1 Å². The summed E-state index contributed by atoms with van der Waals surface area (Å²) in [6.07, 6.45) is 7.47. The van der Waals surface area contributed by atoms with Gasteiger partial charge in [-0.05, 0) is 49.9 Å². The molecule has 1 amide bonds. The molecule has 1 saturated heterocycles. The number of benzene rings is 1. The van der Waals surface area contributed by atoms with E-state index in [1.165, 1.54) is 0 Å². The SMILES string of the molecule is C[C@@H](NC(=O)CC[C@H]1CCCO1)c1ccc(-n2cccn2)cc1. The molecule has 0 aliphatic carbocycles. The Morgan fingerprint density at radius 1 is 1.43 bits per heavy atom. The monoisotopic (exact) mass is 313 g/mol. The Kier molecular flexibility index (Phi) is 5.08. The van der Waals surface area contributed by atoms with E-state index in [-0.39, 0.29) is 18.1 Å². The molecule has 1 aromatic heterocycles. The maximum atomic E-state index is 12.1. The fraction of sp³-hybridized carbons (Fsp3) is 0.444. The molecule has 122 valence electrons. The van der Waals surface area contributed by atoms with Gasteiger partial charge in [0.25, 0.3) is 0 Å². The van der Waals surface area contributed by atoms with Crippen LogP contribution in [0.5, 0.6) is 0 Å². The Morgan fingerprint density at radius 2 is 2.26 bits per heavy atom. The molecule has 5 nitrogen and oxygen atoms in total. The van der Waals surface area contributed by atoms with Gasteiger partial charge in [0.1, 0.15) is 0 Å². The molecule has 23 heavy (non-hydrogen) atoms. The lowest BCUT2D eigenvalue weighted by molar-refractivity contribution is -0.122. The number of rotatable bonds is 6. The van der Waals surface area contributed by atoms with Crippen molar-refractivity contribution in [3.63, 3.8) is 0 Å². The standard InChI is InChI=1S/C18H23N3O2/c1-14(20-18(22)10-9-17-4-2-13-23-17)15-5-7-16(8-6-15)21-12-3-11-19-21/h3,5-8,11-12,14,17H,2,4,9-10,13H2,1H3,(H,20,22)/t14-,17-/m1/s1. The molecular formula is C18H23N3O2. The van der Waals surface area contributed by atoms with Crippen LogP contribution < -0.4 is 5.32 Å². The first-order chi connectivity index (χ1) is 11.2. The normalized spacial score (nSPS) is 18.7. The quantitative estimate of drug-likeness (QED) is 0.892. The van der Waals surface area contributed by atoms with Crippen LogP contribution >= 0.6 is 0 Å². The lowest BCUT2D eigenvalue weighted by atomic mass is 10.1. The molecule has 2 atom stereocenters. The molecule has 0 spiro atoms. The summed E-state index contributed by atoms with van der Waals surface area (Å²) in [5.74, 6) is 0.0872. The summed E-state index contributed by atoms with van der Waals surface area (Å²) >= 11 is 0. The predicted octanol–water partition coefficient (Wildman–Crippen LogP) is 3.01. The van der Waals surface area contributed by atoms with Crippen molar-refractivity contribution < 1.29 is 9.53 Å². The zero-order valence-corrected chi connectivity index (χ0v) is 13.4. The predicted molar refractivity (Wildman–Crippen MR) is 88.3 cm³/mol. The minimum atomic E-state index is -0.00123. The van der Waals surface area contributed by atoms with Crippen molar-refractivity contribution in [3.05, 3.63) is 48.3 Å². The van der Waals surface area contributed by atoms with E-state index >= 15 is 0 Å². The first-order valence-corrected chi connectivity index (χ1v) is 8.23. The van der Waals surface area contributed by atoms with Crippen molar-refractivity contribution >= 4 is 5.91 Å². The molecule has 0 radical (unpaired) electrons. The Bertz CT molecular complexity index is 616. The molecule has 1 aromatic carbocycles. The van der Waals surface area contributed by atoms with E-state index in [1.807, 2.05) is 48.1 Å². The second-order valence-electron chi connectivity index (χ2n) is 6.01. The summed E-state index contributed by atoms with van der Waals surface area (Å²) in [6, 6.07) is 9.97. The lowest BCUT2D eigenvalue weighted by Gasteiger charge is -2.16. The molecular weight excluding hydrogens is 290 g/mol. The van der Waals surface area contributed by atoms with Gasteiger partial charge in [0.15, 0.2) is 0 Å². The highest BCUT2D eigenvalue weighted by molar-refractivity contribution is 5.76. The molecule has 0 saturated carbocycles. The van der Waals surface area contributed by atoms with Gasteiger partial charge in [0.2, 0.25) is 5.91 Å². The van der Waals surface area contributed by atoms with E-state index < -0.39 is 0 Å². The zero-order valence-electron chi connectivity index (χ0n) is 13.4. The molecule has 0 bridgehead atoms. The third-order valence-electron chi connectivity index (χ3n) is 4.26. The summed E-state index contributed by atoms with van der Waals surface area (Å²) in [4.78, 5) is 12.1. The first kappa shape index (κ1) is 15.7. The Morgan fingerprint density at radius 3 is 2.91 bits per heavy atom. The van der Waals surface area contributed by atoms with Gasteiger partial charge >= 0.3 is 0 Å². The average molecular weight is 313 g/mol. The molecule has 1 aliphatic rings. The minimum absolute atomic E-state index is 0.00123. The molecule has 0 unspecified atom stereocenters. The van der Waals surface area contributed by atoms with Crippen LogP contribution in [0, 0.1) is 0 Å². The maximum absolute atomic E-state index is 12.1. The third kappa shape index (κ3) is 4.20. The van der Waals surface area contributed by atoms with Crippen LogP contribution in [0.3, 0.4) is 0 Å². The Labute approximate surface area is 136 Å². The van der Waals surface area contributed by atoms with Gasteiger partial charge < -0.3 is 10.1 Å². The van der Waals surface area contributed by atoms with E-state index in [0.29, 0.717) is 6.42 Å².